The Kier molecular flexibility index (Phi) is 19.3. The number of nitrogens with zero attached hydrogens (tertiary/aromatic N) is 5. The van der Waals surface area contributed by atoms with Crippen LogP contribution < -0.4 is 19.5 Å². The van der Waals surface area contributed by atoms with E-state index in [2.05, 4.69) is 20.3 Å². The summed E-state index contributed by atoms with van der Waals surface area (Å²) in [5, 5.41) is 20.1. The van der Waals surface area contributed by atoms with E-state index in [9.17, 15) is 33.6 Å². The van der Waals surface area contributed by atoms with Crippen LogP contribution in [0.3, 0.4) is 0 Å². The molecule has 0 aliphatic rings. The second-order valence-electron chi connectivity index (χ2n) is 13.7. The third kappa shape index (κ3) is 16.0. The molecule has 5 aromatic rings. The Morgan fingerprint density at radius 1 is 0.578 bits per heavy atom. The Bertz CT molecular complexity index is 2620. The van der Waals surface area contributed by atoms with E-state index in [1.165, 1.54) is 49.4 Å². The molecule has 16 nitrogen and oxygen atoms in total. The highest BCUT2D eigenvalue weighted by atomic mass is 16.5. The molecule has 0 aromatic heterocycles. The largest absolute Gasteiger partial charge is 0.486 e. The molecule has 0 bridgehead atoms. The minimum Gasteiger partial charge on any atom is -0.486 e. The van der Waals surface area contributed by atoms with Crippen molar-refractivity contribution in [1.82, 2.24) is 5.32 Å². The second-order valence-corrected chi connectivity index (χ2v) is 13.7. The van der Waals surface area contributed by atoms with Crippen molar-refractivity contribution in [3.05, 3.63) is 144 Å². The van der Waals surface area contributed by atoms with E-state index in [1.807, 2.05) is 0 Å². The van der Waals surface area contributed by atoms with Crippen molar-refractivity contribution in [3.8, 4) is 29.8 Å². The molecule has 0 saturated heterocycles. The van der Waals surface area contributed by atoms with Crippen molar-refractivity contribution < 1.29 is 47.8 Å². The first kappa shape index (κ1) is 47.9. The van der Waals surface area contributed by atoms with Crippen LogP contribution in [0.5, 0.6) is 17.2 Å². The first-order chi connectivity index (χ1) is 31.0. The summed E-state index contributed by atoms with van der Waals surface area (Å²) < 4.78 is 15.1. The molecule has 0 aliphatic carbocycles. The highest BCUT2D eigenvalue weighted by Gasteiger charge is 2.22. The van der Waals surface area contributed by atoms with E-state index in [0.29, 0.717) is 58.3 Å². The van der Waals surface area contributed by atoms with Crippen molar-refractivity contribution in [2.75, 3.05) is 13.2 Å². The van der Waals surface area contributed by atoms with Crippen molar-refractivity contribution in [2.24, 2.45) is 20.9 Å². The van der Waals surface area contributed by atoms with E-state index < -0.39 is 6.04 Å². The minimum atomic E-state index is -0.760. The van der Waals surface area contributed by atoms with E-state index in [1.54, 1.807) is 110 Å². The summed E-state index contributed by atoms with van der Waals surface area (Å²) in [6, 6.07) is 31.5. The molecule has 2 atom stereocenters. The molecule has 2 unspecified atom stereocenters. The number of hydrogen-bond donors (Lipinski definition) is 1. The predicted octanol–water partition coefficient (Wildman–Crippen LogP) is 7.44. The molecule has 0 radical (unpaired) electrons. The van der Waals surface area contributed by atoms with Crippen molar-refractivity contribution in [2.45, 2.75) is 38.6 Å². The maximum atomic E-state index is 13.0. The molecule has 16 heteroatoms. The Morgan fingerprint density at radius 2 is 1.00 bits per heavy atom. The highest BCUT2D eigenvalue weighted by molar-refractivity contribution is 5.98. The van der Waals surface area contributed by atoms with Gasteiger partial charge >= 0.3 is 0 Å². The topological polar surface area (TPSA) is 244 Å². The normalized spacial score (nSPS) is 10.8. The lowest BCUT2D eigenvalue weighted by atomic mass is 9.90. The van der Waals surface area contributed by atoms with Gasteiger partial charge in [0.2, 0.25) is 18.2 Å². The van der Waals surface area contributed by atoms with Gasteiger partial charge in [0, 0.05) is 23.5 Å². The lowest BCUT2D eigenvalue weighted by Crippen LogP contribution is -2.43. The number of isocyanates is 3. The molecular formula is C48H38N6O10. The molecule has 5 aromatic carbocycles. The van der Waals surface area contributed by atoms with Crippen LogP contribution in [0.4, 0.5) is 17.1 Å². The van der Waals surface area contributed by atoms with Gasteiger partial charge in [-0.3, -0.25) is 24.5 Å². The maximum absolute atomic E-state index is 13.0. The first-order valence-electron chi connectivity index (χ1n) is 19.3. The average molecular weight is 859 g/mol. The van der Waals surface area contributed by atoms with Gasteiger partial charge in [-0.1, -0.05) is 24.3 Å². The number of nitriles is 2. The smallest absolute Gasteiger partial charge is 0.292 e. The van der Waals surface area contributed by atoms with E-state index in [4.69, 9.17) is 24.7 Å². The van der Waals surface area contributed by atoms with Crippen LogP contribution in [-0.2, 0) is 36.8 Å². The molecule has 320 valence electrons. The molecule has 5 rings (SSSR count). The van der Waals surface area contributed by atoms with Crippen molar-refractivity contribution in [3.63, 3.8) is 0 Å². The van der Waals surface area contributed by atoms with Gasteiger partial charge in [-0.2, -0.15) is 15.0 Å². The molecule has 0 amide bonds. The fourth-order valence-corrected chi connectivity index (χ4v) is 6.00. The van der Waals surface area contributed by atoms with Crippen LogP contribution in [0.2, 0.25) is 0 Å². The number of rotatable bonds is 22. The van der Waals surface area contributed by atoms with Gasteiger partial charge in [-0.15, -0.1) is 10.5 Å². The summed E-state index contributed by atoms with van der Waals surface area (Å²) in [5.41, 5.74) is 3.82. The summed E-state index contributed by atoms with van der Waals surface area (Å²) in [6.45, 7) is 1.13. The Morgan fingerprint density at radius 3 is 1.44 bits per heavy atom. The zero-order chi connectivity index (χ0) is 46.1. The van der Waals surface area contributed by atoms with E-state index in [-0.39, 0.29) is 55.0 Å². The Labute approximate surface area is 367 Å². The monoisotopic (exact) mass is 858 g/mol. The number of carbonyl (C=O) groups excluding carboxylic acids is 7. The Balaban J connectivity index is 0.000000295. The molecule has 0 spiro atoms. The van der Waals surface area contributed by atoms with Crippen molar-refractivity contribution in [1.29, 1.82) is 10.5 Å². The summed E-state index contributed by atoms with van der Waals surface area (Å²) in [6.07, 6.45) is 8.99. The van der Waals surface area contributed by atoms with Crippen LogP contribution in [0.1, 0.15) is 51.6 Å². The maximum Gasteiger partial charge on any atom is 0.292 e. The standard InChI is InChI=1S/C27H20N4O6.C21H18N2O4/c28-16-37-24-9-1-19(2-10-24)13-25(27(35)15-36-23-11-7-22(8-12-23)31-18-33)29-14-26(34)20-3-5-21(6-4-20)30-17-32;1-15(25)18(12-16-2-9-20(10-3-16)27-13-22)6-11-21(26)17-4-7-19(8-5-17)23-14-24/h1-12,25,29H,13-15H2;2-5,7-10,18H,6,11-12H2,1H3. The summed E-state index contributed by atoms with van der Waals surface area (Å²) >= 11 is 0. The van der Waals surface area contributed by atoms with Crippen LogP contribution in [0, 0.1) is 29.0 Å². The molecule has 1 N–H and O–H groups in total. The third-order valence-electron chi connectivity index (χ3n) is 9.41. The predicted molar refractivity (Wildman–Crippen MR) is 230 cm³/mol. The van der Waals surface area contributed by atoms with Gasteiger partial charge in [0.15, 0.2) is 17.3 Å². The zero-order valence-electron chi connectivity index (χ0n) is 34.3. The summed E-state index contributed by atoms with van der Waals surface area (Å²) in [7, 11) is 0. The molecular weight excluding hydrogens is 821 g/mol. The zero-order valence-corrected chi connectivity index (χ0v) is 34.3. The number of ether oxygens (including phenoxy) is 3. The SMILES string of the molecule is CC(=O)C(CCC(=O)c1ccc(N=C=O)cc1)Cc1ccc(OC#N)cc1.N#COc1ccc(CC(NCC(=O)c2ccc(N=C=O)cc2)C(=O)COc2ccc(N=C=O)cc2)cc1. The van der Waals surface area contributed by atoms with E-state index >= 15 is 0 Å². The number of Topliss-reactive ketones (excluding diaryl/α,β-unsaturated/α-hetero) is 4. The van der Waals surface area contributed by atoms with Crippen LogP contribution in [0.25, 0.3) is 0 Å². The highest BCUT2D eigenvalue weighted by Crippen LogP contribution is 2.22. The Hall–Kier alpha value is -8.74. The average Bonchev–Trinajstić information content (AvgIpc) is 3.31. The number of carbonyl (C=O) groups is 4. The quantitative estimate of drug-likeness (QED) is 0.0308. The van der Waals surface area contributed by atoms with E-state index in [0.717, 1.165) is 11.1 Å². The third-order valence-corrected chi connectivity index (χ3v) is 9.41. The first-order valence-corrected chi connectivity index (χ1v) is 19.3. The fourth-order valence-electron chi connectivity index (χ4n) is 6.00. The minimum absolute atomic E-state index is 0.0239. The number of nitrogens with one attached hydrogen (secondary N) is 1. The number of hydrogen-bond acceptors (Lipinski definition) is 16. The van der Waals surface area contributed by atoms with Crippen LogP contribution in [-0.4, -0.2) is 60.6 Å². The number of benzene rings is 5. The van der Waals surface area contributed by atoms with Crippen molar-refractivity contribution >= 4 is 58.4 Å². The molecule has 64 heavy (non-hydrogen) atoms. The van der Waals surface area contributed by atoms with Gasteiger partial charge in [0.25, 0.3) is 12.5 Å². The van der Waals surface area contributed by atoms with Gasteiger partial charge < -0.3 is 14.2 Å². The lowest BCUT2D eigenvalue weighted by Gasteiger charge is -2.18. The fraction of sp³-hybridized carbons (Fsp3) is 0.188. The van der Waals surface area contributed by atoms with Gasteiger partial charge in [-0.05, 0) is 134 Å². The van der Waals surface area contributed by atoms with Gasteiger partial charge in [0.1, 0.15) is 29.6 Å². The molecule has 0 saturated carbocycles. The number of aliphatic imine (C=N–C) groups is 3. The summed E-state index contributed by atoms with van der Waals surface area (Å²) in [4.78, 5) is 91.4. The second kappa shape index (κ2) is 25.8. The molecule has 0 aliphatic heterocycles. The van der Waals surface area contributed by atoms with Gasteiger partial charge in [0.05, 0.1) is 29.6 Å². The molecule has 0 fully saturated rings. The molecule has 0 heterocycles. The van der Waals surface area contributed by atoms with Gasteiger partial charge in [-0.25, -0.2) is 14.4 Å². The lowest BCUT2D eigenvalue weighted by molar-refractivity contribution is -0.123. The van der Waals surface area contributed by atoms with Crippen LogP contribution in [0.15, 0.2) is 136 Å². The summed E-state index contributed by atoms with van der Waals surface area (Å²) in [5.74, 6) is 0.347. The number of ketones is 4. The van der Waals surface area contributed by atoms with Crippen LogP contribution >= 0.6 is 0 Å².